The number of anilines is 2. The molecule has 0 saturated carbocycles. The highest BCUT2D eigenvalue weighted by Gasteiger charge is 2.40. The highest BCUT2D eigenvalue weighted by Crippen LogP contribution is 2.38. The molecule has 140 valence electrons. The van der Waals surface area contributed by atoms with Crippen molar-refractivity contribution < 1.29 is 4.39 Å². The third-order valence-electron chi connectivity index (χ3n) is 4.45. The number of nitrogens with one attached hydrogen (secondary N) is 2. The molecule has 0 amide bonds. The molecule has 0 fully saturated rings. The Labute approximate surface area is 159 Å². The fraction of sp³-hybridized carbons (Fsp3) is 0.294. The van der Waals surface area contributed by atoms with Gasteiger partial charge in [0, 0.05) is 13.2 Å². The van der Waals surface area contributed by atoms with Gasteiger partial charge in [-0.15, -0.1) is 11.3 Å². The van der Waals surface area contributed by atoms with Crippen LogP contribution in [0.15, 0.2) is 35.3 Å². The Morgan fingerprint density at radius 2 is 2.07 bits per heavy atom. The lowest BCUT2D eigenvalue weighted by molar-refractivity contribution is 0.410. The minimum Gasteiger partial charge on any atom is -0.347 e. The standard InChI is InChI=1S/C17H19FN8S/c1-9-7-27-14-13(9)24-17(19,10(2)15-20-4-11(18)5-21-15)25-16(14)23-12-6-26(3)8-22-12/h4-8,10,24H,19H2,1-3H3,(H,23,25)/t10-,17?/m1/s1. The van der Waals surface area contributed by atoms with Crippen molar-refractivity contribution in [2.75, 3.05) is 10.6 Å². The fourth-order valence-electron chi connectivity index (χ4n) is 2.87. The molecule has 0 aromatic carbocycles. The zero-order valence-electron chi connectivity index (χ0n) is 15.1. The number of nitrogens with zero attached hydrogens (tertiary/aromatic N) is 5. The van der Waals surface area contributed by atoms with Crippen molar-refractivity contribution in [3.05, 3.63) is 52.4 Å². The minimum atomic E-state index is -1.20. The number of halogens is 1. The molecule has 4 N–H and O–H groups in total. The largest absolute Gasteiger partial charge is 0.347 e. The summed E-state index contributed by atoms with van der Waals surface area (Å²) >= 11 is 1.57. The number of aryl methyl sites for hydroxylation is 2. The second-order valence-electron chi connectivity index (χ2n) is 6.56. The van der Waals surface area contributed by atoms with Crippen molar-refractivity contribution in [1.82, 2.24) is 19.5 Å². The first-order valence-corrected chi connectivity index (χ1v) is 9.21. The lowest BCUT2D eigenvalue weighted by Gasteiger charge is -2.36. The smallest absolute Gasteiger partial charge is 0.194 e. The fourth-order valence-corrected chi connectivity index (χ4v) is 3.82. The SMILES string of the molecule is Cc1csc2c1NC(N)([C@H](C)c1ncc(F)cn1)N=C2Nc1cn(C)cn1. The first kappa shape index (κ1) is 17.6. The molecule has 10 heteroatoms. The summed E-state index contributed by atoms with van der Waals surface area (Å²) in [5.41, 5.74) is 8.60. The summed E-state index contributed by atoms with van der Waals surface area (Å²) in [6.07, 6.45) is 5.82. The molecule has 4 heterocycles. The van der Waals surface area contributed by atoms with Crippen molar-refractivity contribution in [3.63, 3.8) is 0 Å². The van der Waals surface area contributed by atoms with Gasteiger partial charge in [-0.25, -0.2) is 24.3 Å². The molecule has 27 heavy (non-hydrogen) atoms. The third kappa shape index (κ3) is 3.17. The lowest BCUT2D eigenvalue weighted by atomic mass is 10.00. The van der Waals surface area contributed by atoms with Crippen molar-refractivity contribution >= 4 is 28.7 Å². The van der Waals surface area contributed by atoms with E-state index in [2.05, 4.69) is 25.6 Å². The van der Waals surface area contributed by atoms with Gasteiger partial charge in [-0.2, -0.15) is 0 Å². The molecule has 8 nitrogen and oxygen atoms in total. The average molecular weight is 386 g/mol. The maximum atomic E-state index is 13.2. The summed E-state index contributed by atoms with van der Waals surface area (Å²) in [5.74, 6) is -0.408. The molecule has 4 rings (SSSR count). The number of thiophene rings is 1. The zero-order valence-corrected chi connectivity index (χ0v) is 15.9. The number of imidazole rings is 1. The van der Waals surface area contributed by atoms with E-state index in [-0.39, 0.29) is 0 Å². The van der Waals surface area contributed by atoms with E-state index in [4.69, 9.17) is 10.7 Å². The number of aliphatic imine (C=N–C) groups is 1. The Bertz CT molecular complexity index is 1010. The molecule has 0 spiro atoms. The van der Waals surface area contributed by atoms with Gasteiger partial charge in [0.05, 0.1) is 35.2 Å². The summed E-state index contributed by atoms with van der Waals surface area (Å²) in [6.45, 7) is 3.86. The molecule has 1 unspecified atom stereocenters. The summed E-state index contributed by atoms with van der Waals surface area (Å²) in [5, 5.41) is 8.61. The van der Waals surface area contributed by atoms with Crippen LogP contribution in [0, 0.1) is 12.7 Å². The van der Waals surface area contributed by atoms with Crippen LogP contribution in [0.4, 0.5) is 15.9 Å². The Morgan fingerprint density at radius 3 is 2.74 bits per heavy atom. The quantitative estimate of drug-likeness (QED) is 0.638. The Morgan fingerprint density at radius 1 is 1.33 bits per heavy atom. The van der Waals surface area contributed by atoms with E-state index >= 15 is 0 Å². The predicted molar refractivity (Wildman–Crippen MR) is 103 cm³/mol. The van der Waals surface area contributed by atoms with E-state index in [0.717, 1.165) is 28.5 Å². The second-order valence-corrected chi connectivity index (χ2v) is 7.44. The monoisotopic (exact) mass is 386 g/mol. The molecule has 2 atom stereocenters. The Kier molecular flexibility index (Phi) is 4.16. The number of rotatable bonds is 3. The first-order valence-electron chi connectivity index (χ1n) is 8.33. The van der Waals surface area contributed by atoms with Crippen LogP contribution in [-0.2, 0) is 7.05 Å². The van der Waals surface area contributed by atoms with Crippen LogP contribution in [0.2, 0.25) is 0 Å². The van der Waals surface area contributed by atoms with Crippen LogP contribution in [0.5, 0.6) is 0 Å². The minimum absolute atomic E-state index is 0.406. The highest BCUT2D eigenvalue weighted by molar-refractivity contribution is 7.13. The molecule has 1 aliphatic rings. The molecular formula is C17H19FN8S. The van der Waals surface area contributed by atoms with E-state index in [0.29, 0.717) is 17.5 Å². The van der Waals surface area contributed by atoms with Gasteiger partial charge in [0.1, 0.15) is 17.5 Å². The highest BCUT2D eigenvalue weighted by atomic mass is 32.1. The van der Waals surface area contributed by atoms with Gasteiger partial charge in [-0.05, 0) is 24.8 Å². The number of hydrogen-bond donors (Lipinski definition) is 3. The van der Waals surface area contributed by atoms with Gasteiger partial charge in [0.2, 0.25) is 0 Å². The number of fused-ring (bicyclic) bond motifs is 1. The molecule has 0 radical (unpaired) electrons. The topological polar surface area (TPSA) is 106 Å². The summed E-state index contributed by atoms with van der Waals surface area (Å²) in [6, 6.07) is 0. The molecular weight excluding hydrogens is 367 g/mol. The number of aromatic nitrogens is 4. The summed E-state index contributed by atoms with van der Waals surface area (Å²) in [4.78, 5) is 18.1. The van der Waals surface area contributed by atoms with Crippen LogP contribution in [0.1, 0.15) is 29.1 Å². The first-order chi connectivity index (χ1) is 12.9. The van der Waals surface area contributed by atoms with E-state index < -0.39 is 17.5 Å². The van der Waals surface area contributed by atoms with E-state index in [9.17, 15) is 4.39 Å². The maximum absolute atomic E-state index is 13.2. The number of nitrogens with two attached hydrogens (primary N) is 1. The van der Waals surface area contributed by atoms with Crippen LogP contribution in [-0.4, -0.2) is 31.1 Å². The van der Waals surface area contributed by atoms with Gasteiger partial charge >= 0.3 is 0 Å². The van der Waals surface area contributed by atoms with Crippen molar-refractivity contribution in [2.24, 2.45) is 17.8 Å². The molecule has 1 aliphatic heterocycles. The summed E-state index contributed by atoms with van der Waals surface area (Å²) in [7, 11) is 1.89. The molecule has 3 aromatic heterocycles. The van der Waals surface area contributed by atoms with Crippen molar-refractivity contribution in [2.45, 2.75) is 25.6 Å². The van der Waals surface area contributed by atoms with Gasteiger partial charge in [0.25, 0.3) is 0 Å². The van der Waals surface area contributed by atoms with Crippen LogP contribution in [0.25, 0.3) is 0 Å². The molecule has 0 bridgehead atoms. The molecule has 0 saturated heterocycles. The Balaban J connectivity index is 1.75. The number of hydrogen-bond acceptors (Lipinski definition) is 8. The predicted octanol–water partition coefficient (Wildman–Crippen LogP) is 2.42. The molecule has 3 aromatic rings. The average Bonchev–Trinajstić information content (AvgIpc) is 3.21. The number of amidine groups is 1. The second kappa shape index (κ2) is 6.39. The van der Waals surface area contributed by atoms with Crippen LogP contribution < -0.4 is 16.4 Å². The van der Waals surface area contributed by atoms with E-state index in [1.54, 1.807) is 17.7 Å². The van der Waals surface area contributed by atoms with Crippen LogP contribution in [0.3, 0.4) is 0 Å². The van der Waals surface area contributed by atoms with Gasteiger partial charge in [-0.1, -0.05) is 0 Å². The van der Waals surface area contributed by atoms with Crippen molar-refractivity contribution in [1.29, 1.82) is 0 Å². The van der Waals surface area contributed by atoms with Gasteiger partial charge in [-0.3, -0.25) is 5.73 Å². The van der Waals surface area contributed by atoms with Gasteiger partial charge in [0.15, 0.2) is 11.6 Å². The lowest BCUT2D eigenvalue weighted by Crippen LogP contribution is -2.54. The van der Waals surface area contributed by atoms with E-state index in [1.807, 2.05) is 37.0 Å². The Hall–Kier alpha value is -2.85. The maximum Gasteiger partial charge on any atom is 0.194 e. The normalized spacial score (nSPS) is 19.8. The third-order valence-corrected chi connectivity index (χ3v) is 5.56. The van der Waals surface area contributed by atoms with Crippen molar-refractivity contribution in [3.8, 4) is 0 Å². The van der Waals surface area contributed by atoms with E-state index in [1.165, 1.54) is 0 Å². The van der Waals surface area contributed by atoms with Crippen LogP contribution >= 0.6 is 11.3 Å². The van der Waals surface area contributed by atoms with Gasteiger partial charge < -0.3 is 15.2 Å². The zero-order chi connectivity index (χ0) is 19.2. The molecule has 0 aliphatic carbocycles. The summed E-state index contributed by atoms with van der Waals surface area (Å²) < 4.78 is 15.0.